The number of aromatic nitrogens is 1. The van der Waals surface area contributed by atoms with E-state index < -0.39 is 5.60 Å². The largest absolute Gasteiger partial charge is 0.386 e. The molecule has 92 valence electrons. The van der Waals surface area contributed by atoms with Gasteiger partial charge in [-0.3, -0.25) is 0 Å². The maximum absolute atomic E-state index is 9.70. The summed E-state index contributed by atoms with van der Waals surface area (Å²) < 4.78 is 0. The summed E-state index contributed by atoms with van der Waals surface area (Å²) in [5.74, 6) is 0.841. The van der Waals surface area contributed by atoms with Crippen LogP contribution >= 0.6 is 0 Å². The molecule has 0 amide bonds. The highest BCUT2D eigenvalue weighted by atomic mass is 16.3. The fraction of sp³-hybridized carbons (Fsp3) is 0.615. The van der Waals surface area contributed by atoms with E-state index in [0.717, 1.165) is 11.4 Å². The Labute approximate surface area is 98.9 Å². The Balaban J connectivity index is 0.00000106. The van der Waals surface area contributed by atoms with Crippen LogP contribution in [0.15, 0.2) is 18.3 Å². The van der Waals surface area contributed by atoms with Gasteiger partial charge in [0.25, 0.3) is 0 Å². The summed E-state index contributed by atoms with van der Waals surface area (Å²) in [5, 5.41) is 12.9. The second kappa shape index (κ2) is 6.48. The first-order valence-electron chi connectivity index (χ1n) is 5.85. The third-order valence-corrected chi connectivity index (χ3v) is 1.91. The van der Waals surface area contributed by atoms with E-state index in [4.69, 9.17) is 0 Å². The fourth-order valence-corrected chi connectivity index (χ4v) is 1.14. The molecule has 0 spiro atoms. The molecule has 0 atom stereocenters. The van der Waals surface area contributed by atoms with Crippen molar-refractivity contribution in [1.29, 1.82) is 0 Å². The Hall–Kier alpha value is -1.09. The third kappa shape index (κ3) is 5.12. The van der Waals surface area contributed by atoms with Crippen LogP contribution in [0.25, 0.3) is 0 Å². The van der Waals surface area contributed by atoms with Gasteiger partial charge in [0.15, 0.2) is 0 Å². The molecule has 0 aliphatic rings. The minimum absolute atomic E-state index is 0.371. The zero-order valence-electron chi connectivity index (χ0n) is 11.2. The predicted octanol–water partition coefficient (Wildman–Crippen LogP) is 3.16. The van der Waals surface area contributed by atoms with Crippen LogP contribution in [-0.4, -0.2) is 16.1 Å². The van der Waals surface area contributed by atoms with E-state index in [1.54, 1.807) is 20.0 Å². The number of pyridine rings is 1. The quantitative estimate of drug-likeness (QED) is 0.829. The molecule has 0 fully saturated rings. The van der Waals surface area contributed by atoms with Gasteiger partial charge in [-0.25, -0.2) is 4.98 Å². The molecule has 1 aromatic heterocycles. The molecule has 0 aliphatic carbocycles. The average molecular weight is 224 g/mol. The Kier molecular flexibility index (Phi) is 6.04. The summed E-state index contributed by atoms with van der Waals surface area (Å²) in [7, 11) is 0. The topological polar surface area (TPSA) is 45.1 Å². The molecule has 0 saturated heterocycles. The second-order valence-electron chi connectivity index (χ2n) is 4.29. The predicted molar refractivity (Wildman–Crippen MR) is 69.6 cm³/mol. The Morgan fingerprint density at radius 1 is 1.25 bits per heavy atom. The molecule has 16 heavy (non-hydrogen) atoms. The van der Waals surface area contributed by atoms with Crippen LogP contribution in [0.1, 0.15) is 47.1 Å². The molecular weight excluding hydrogens is 200 g/mol. The van der Waals surface area contributed by atoms with Gasteiger partial charge in [0, 0.05) is 17.8 Å². The summed E-state index contributed by atoms with van der Waals surface area (Å²) in [6, 6.07) is 4.14. The smallest absolute Gasteiger partial charge is 0.126 e. The summed E-state index contributed by atoms with van der Waals surface area (Å²) in [6.07, 6.45) is 1.70. The number of rotatable bonds is 3. The van der Waals surface area contributed by atoms with E-state index in [1.807, 2.05) is 26.0 Å². The van der Waals surface area contributed by atoms with Gasteiger partial charge in [-0.2, -0.15) is 0 Å². The minimum atomic E-state index is -0.816. The van der Waals surface area contributed by atoms with Crippen LogP contribution in [0.3, 0.4) is 0 Å². The molecule has 1 rings (SSSR count). The number of nitrogens with zero attached hydrogens (tertiary/aromatic N) is 1. The lowest BCUT2D eigenvalue weighted by molar-refractivity contribution is 0.0782. The number of nitrogens with one attached hydrogen (secondary N) is 1. The van der Waals surface area contributed by atoms with E-state index in [9.17, 15) is 5.11 Å². The Morgan fingerprint density at radius 3 is 2.12 bits per heavy atom. The highest BCUT2D eigenvalue weighted by Crippen LogP contribution is 2.19. The lowest BCUT2D eigenvalue weighted by Crippen LogP contribution is -2.16. The molecular formula is C13H24N2O. The van der Waals surface area contributed by atoms with E-state index in [0.29, 0.717) is 6.04 Å². The van der Waals surface area contributed by atoms with Crippen molar-refractivity contribution < 1.29 is 5.11 Å². The first-order chi connectivity index (χ1) is 7.39. The van der Waals surface area contributed by atoms with Crippen LogP contribution in [0.5, 0.6) is 0 Å². The van der Waals surface area contributed by atoms with Crippen LogP contribution < -0.4 is 5.32 Å². The normalized spacial score (nSPS) is 10.8. The van der Waals surface area contributed by atoms with Crippen molar-refractivity contribution in [2.45, 2.75) is 53.2 Å². The van der Waals surface area contributed by atoms with Gasteiger partial charge in [-0.05, 0) is 33.8 Å². The van der Waals surface area contributed by atoms with Crippen LogP contribution in [0, 0.1) is 0 Å². The number of hydrogen-bond acceptors (Lipinski definition) is 3. The van der Waals surface area contributed by atoms with Crippen molar-refractivity contribution in [2.75, 3.05) is 5.32 Å². The minimum Gasteiger partial charge on any atom is -0.386 e. The SMILES string of the molecule is CC.CC(C)Nc1ccc(C(C)(C)O)cn1. The average Bonchev–Trinajstić information content (AvgIpc) is 2.19. The van der Waals surface area contributed by atoms with Crippen LogP contribution in [0.2, 0.25) is 0 Å². The van der Waals surface area contributed by atoms with Gasteiger partial charge < -0.3 is 10.4 Å². The highest BCUT2D eigenvalue weighted by Gasteiger charge is 2.15. The highest BCUT2D eigenvalue weighted by molar-refractivity contribution is 5.37. The van der Waals surface area contributed by atoms with Gasteiger partial charge >= 0.3 is 0 Å². The zero-order chi connectivity index (χ0) is 12.8. The summed E-state index contributed by atoms with van der Waals surface area (Å²) in [5.41, 5.74) is 0.00964. The molecule has 0 saturated carbocycles. The Morgan fingerprint density at radius 2 is 1.81 bits per heavy atom. The first-order valence-corrected chi connectivity index (χ1v) is 5.85. The number of anilines is 1. The Bertz CT molecular complexity index is 286. The van der Waals surface area contributed by atoms with E-state index in [1.165, 1.54) is 0 Å². The number of aliphatic hydroxyl groups is 1. The van der Waals surface area contributed by atoms with Crippen molar-refractivity contribution in [3.05, 3.63) is 23.9 Å². The van der Waals surface area contributed by atoms with Crippen LogP contribution in [0.4, 0.5) is 5.82 Å². The van der Waals surface area contributed by atoms with Crippen molar-refractivity contribution in [3.8, 4) is 0 Å². The maximum Gasteiger partial charge on any atom is 0.126 e. The third-order valence-electron chi connectivity index (χ3n) is 1.91. The van der Waals surface area contributed by atoms with E-state index >= 15 is 0 Å². The summed E-state index contributed by atoms with van der Waals surface area (Å²) in [4.78, 5) is 4.21. The van der Waals surface area contributed by atoms with Gasteiger partial charge in [-0.1, -0.05) is 19.9 Å². The molecule has 3 nitrogen and oxygen atoms in total. The second-order valence-corrected chi connectivity index (χ2v) is 4.29. The first kappa shape index (κ1) is 14.9. The summed E-state index contributed by atoms with van der Waals surface area (Å²) in [6.45, 7) is 11.6. The standard InChI is InChI=1S/C11H18N2O.C2H6/c1-8(2)13-10-6-5-9(7-12-10)11(3,4)14;1-2/h5-8,14H,1-4H3,(H,12,13);1-2H3. The summed E-state index contributed by atoms with van der Waals surface area (Å²) >= 11 is 0. The molecule has 0 radical (unpaired) electrons. The van der Waals surface area contributed by atoms with Gasteiger partial charge in [-0.15, -0.1) is 0 Å². The molecule has 1 heterocycles. The van der Waals surface area contributed by atoms with Gasteiger partial charge in [0.2, 0.25) is 0 Å². The molecule has 0 unspecified atom stereocenters. The molecule has 1 aromatic rings. The van der Waals surface area contributed by atoms with Crippen molar-refractivity contribution in [1.82, 2.24) is 4.98 Å². The molecule has 3 heteroatoms. The van der Waals surface area contributed by atoms with Crippen LogP contribution in [-0.2, 0) is 5.60 Å². The zero-order valence-corrected chi connectivity index (χ0v) is 11.2. The van der Waals surface area contributed by atoms with Crippen molar-refractivity contribution >= 4 is 5.82 Å². The van der Waals surface area contributed by atoms with Crippen molar-refractivity contribution in [3.63, 3.8) is 0 Å². The molecule has 0 aliphatic heterocycles. The number of hydrogen-bond donors (Lipinski definition) is 2. The van der Waals surface area contributed by atoms with Crippen molar-refractivity contribution in [2.24, 2.45) is 0 Å². The van der Waals surface area contributed by atoms with Gasteiger partial charge in [0.05, 0.1) is 5.60 Å². The van der Waals surface area contributed by atoms with E-state index in [-0.39, 0.29) is 0 Å². The lowest BCUT2D eigenvalue weighted by Gasteiger charge is -2.17. The maximum atomic E-state index is 9.70. The molecule has 2 N–H and O–H groups in total. The van der Waals surface area contributed by atoms with E-state index in [2.05, 4.69) is 24.1 Å². The molecule has 0 aromatic carbocycles. The fourth-order valence-electron chi connectivity index (χ4n) is 1.14. The lowest BCUT2D eigenvalue weighted by atomic mass is 10.0. The molecule has 0 bridgehead atoms. The monoisotopic (exact) mass is 224 g/mol. The van der Waals surface area contributed by atoms with Gasteiger partial charge in [0.1, 0.15) is 5.82 Å².